The molecule has 0 spiro atoms. The molecule has 1 aromatic heterocycles. The number of aromatic nitrogens is 1. The molecule has 86 valence electrons. The van der Waals surface area contributed by atoms with Gasteiger partial charge in [0, 0.05) is 6.20 Å². The van der Waals surface area contributed by atoms with Crippen molar-refractivity contribution in [2.45, 2.75) is 19.8 Å². The van der Waals surface area contributed by atoms with E-state index in [2.05, 4.69) is 15.6 Å². The molecule has 2 rings (SSSR count). The Balaban J connectivity index is 1.73. The first-order valence-electron chi connectivity index (χ1n) is 5.67. The third-order valence-electron chi connectivity index (χ3n) is 2.60. The lowest BCUT2D eigenvalue weighted by atomic mass is 10.3. The van der Waals surface area contributed by atoms with Gasteiger partial charge in [-0.3, -0.25) is 4.79 Å². The van der Waals surface area contributed by atoms with E-state index in [1.165, 1.54) is 12.8 Å². The highest BCUT2D eigenvalue weighted by atomic mass is 16.1. The summed E-state index contributed by atoms with van der Waals surface area (Å²) in [6, 6.07) is 3.76. The van der Waals surface area contributed by atoms with E-state index in [0.717, 1.165) is 18.0 Å². The molecule has 0 radical (unpaired) electrons. The number of hydrogen-bond donors (Lipinski definition) is 2. The zero-order valence-electron chi connectivity index (χ0n) is 9.49. The Labute approximate surface area is 95.5 Å². The van der Waals surface area contributed by atoms with Gasteiger partial charge in [0.25, 0.3) is 0 Å². The second-order valence-corrected chi connectivity index (χ2v) is 4.34. The quantitative estimate of drug-likeness (QED) is 0.785. The van der Waals surface area contributed by atoms with Crippen LogP contribution in [0.3, 0.4) is 0 Å². The predicted octanol–water partition coefficient (Wildman–Crippen LogP) is 1.33. The van der Waals surface area contributed by atoms with Crippen LogP contribution < -0.4 is 10.6 Å². The van der Waals surface area contributed by atoms with E-state index >= 15 is 0 Å². The summed E-state index contributed by atoms with van der Waals surface area (Å²) >= 11 is 0. The average Bonchev–Trinajstić information content (AvgIpc) is 3.01. The first kappa shape index (κ1) is 11.1. The minimum atomic E-state index is -0.0289. The van der Waals surface area contributed by atoms with E-state index in [4.69, 9.17) is 0 Å². The van der Waals surface area contributed by atoms with Crippen LogP contribution in [-0.4, -0.2) is 24.0 Å². The largest absolute Gasteiger partial charge is 0.310 e. The number of pyridine rings is 1. The van der Waals surface area contributed by atoms with Gasteiger partial charge in [-0.2, -0.15) is 0 Å². The molecule has 0 aliphatic heterocycles. The molecule has 0 unspecified atom stereocenters. The Bertz CT molecular complexity index is 374. The van der Waals surface area contributed by atoms with Crippen LogP contribution in [0, 0.1) is 12.8 Å². The highest BCUT2D eigenvalue weighted by molar-refractivity contribution is 5.91. The van der Waals surface area contributed by atoms with Crippen LogP contribution in [0.2, 0.25) is 0 Å². The summed E-state index contributed by atoms with van der Waals surface area (Å²) < 4.78 is 0. The predicted molar refractivity (Wildman–Crippen MR) is 63.2 cm³/mol. The summed E-state index contributed by atoms with van der Waals surface area (Å²) in [6.45, 7) is 3.30. The van der Waals surface area contributed by atoms with Crippen LogP contribution in [0.5, 0.6) is 0 Å². The molecule has 1 saturated carbocycles. The molecule has 1 aliphatic carbocycles. The first-order valence-corrected chi connectivity index (χ1v) is 5.67. The SMILES string of the molecule is Cc1ccnc(NC(=O)CNCC2CC2)c1. The molecule has 1 aromatic rings. The van der Waals surface area contributed by atoms with Gasteiger partial charge in [-0.15, -0.1) is 0 Å². The number of hydrogen-bond acceptors (Lipinski definition) is 3. The van der Waals surface area contributed by atoms with Gasteiger partial charge < -0.3 is 10.6 Å². The maximum Gasteiger partial charge on any atom is 0.239 e. The van der Waals surface area contributed by atoms with Crippen molar-refractivity contribution < 1.29 is 4.79 Å². The van der Waals surface area contributed by atoms with Crippen LogP contribution in [0.1, 0.15) is 18.4 Å². The standard InChI is InChI=1S/C12H17N3O/c1-9-4-5-14-11(6-9)15-12(16)8-13-7-10-2-3-10/h4-6,10,13H,2-3,7-8H2,1H3,(H,14,15,16). The van der Waals surface area contributed by atoms with Crippen molar-refractivity contribution >= 4 is 11.7 Å². The fraction of sp³-hybridized carbons (Fsp3) is 0.500. The number of carbonyl (C=O) groups excluding carboxylic acids is 1. The van der Waals surface area contributed by atoms with Crippen molar-refractivity contribution in [2.75, 3.05) is 18.4 Å². The number of anilines is 1. The zero-order chi connectivity index (χ0) is 11.4. The van der Waals surface area contributed by atoms with Crippen molar-refractivity contribution in [1.29, 1.82) is 0 Å². The van der Waals surface area contributed by atoms with E-state index in [0.29, 0.717) is 12.4 Å². The molecule has 4 heteroatoms. The number of aryl methyl sites for hydroxylation is 1. The zero-order valence-corrected chi connectivity index (χ0v) is 9.49. The van der Waals surface area contributed by atoms with Gasteiger partial charge in [0.1, 0.15) is 5.82 Å². The molecule has 1 aliphatic rings. The first-order chi connectivity index (χ1) is 7.74. The average molecular weight is 219 g/mol. The summed E-state index contributed by atoms with van der Waals surface area (Å²) in [5, 5.41) is 5.91. The van der Waals surface area contributed by atoms with E-state index < -0.39 is 0 Å². The topological polar surface area (TPSA) is 54.0 Å². The van der Waals surface area contributed by atoms with Crippen LogP contribution in [-0.2, 0) is 4.79 Å². The third kappa shape index (κ3) is 3.62. The van der Waals surface area contributed by atoms with Gasteiger partial charge in [-0.25, -0.2) is 4.98 Å². The normalized spacial score (nSPS) is 14.8. The molecular weight excluding hydrogens is 202 g/mol. The fourth-order valence-corrected chi connectivity index (χ4v) is 1.50. The molecule has 0 aromatic carbocycles. The summed E-state index contributed by atoms with van der Waals surface area (Å²) in [6.07, 6.45) is 4.30. The van der Waals surface area contributed by atoms with Gasteiger partial charge in [0.15, 0.2) is 0 Å². The van der Waals surface area contributed by atoms with Crippen LogP contribution in [0.15, 0.2) is 18.3 Å². The van der Waals surface area contributed by atoms with E-state index in [9.17, 15) is 4.79 Å². The molecule has 1 amide bonds. The number of rotatable bonds is 5. The van der Waals surface area contributed by atoms with Crippen molar-refractivity contribution in [3.05, 3.63) is 23.9 Å². The molecule has 4 nitrogen and oxygen atoms in total. The Morgan fingerprint density at radius 1 is 1.56 bits per heavy atom. The number of nitrogens with zero attached hydrogens (tertiary/aromatic N) is 1. The summed E-state index contributed by atoms with van der Waals surface area (Å²) in [4.78, 5) is 15.6. The fourth-order valence-electron chi connectivity index (χ4n) is 1.50. The molecule has 0 atom stereocenters. The second kappa shape index (κ2) is 5.07. The minimum absolute atomic E-state index is 0.0289. The third-order valence-corrected chi connectivity index (χ3v) is 2.60. The van der Waals surface area contributed by atoms with Crippen LogP contribution in [0.25, 0.3) is 0 Å². The molecule has 0 saturated heterocycles. The monoisotopic (exact) mass is 219 g/mol. The van der Waals surface area contributed by atoms with E-state index in [-0.39, 0.29) is 5.91 Å². The highest BCUT2D eigenvalue weighted by Gasteiger charge is 2.20. The maximum atomic E-state index is 11.5. The highest BCUT2D eigenvalue weighted by Crippen LogP contribution is 2.27. The van der Waals surface area contributed by atoms with Gasteiger partial charge >= 0.3 is 0 Å². The lowest BCUT2D eigenvalue weighted by molar-refractivity contribution is -0.115. The number of amides is 1. The molecule has 1 heterocycles. The number of nitrogens with one attached hydrogen (secondary N) is 2. The van der Waals surface area contributed by atoms with Gasteiger partial charge in [-0.05, 0) is 49.9 Å². The van der Waals surface area contributed by atoms with Gasteiger partial charge in [0.05, 0.1) is 6.54 Å². The van der Waals surface area contributed by atoms with Crippen molar-refractivity contribution in [3.63, 3.8) is 0 Å². The smallest absolute Gasteiger partial charge is 0.239 e. The molecule has 2 N–H and O–H groups in total. The lowest BCUT2D eigenvalue weighted by Gasteiger charge is -2.05. The summed E-state index contributed by atoms with van der Waals surface area (Å²) in [5.74, 6) is 1.39. The van der Waals surface area contributed by atoms with Crippen LogP contribution in [0.4, 0.5) is 5.82 Å². The lowest BCUT2D eigenvalue weighted by Crippen LogP contribution is -2.29. The van der Waals surface area contributed by atoms with Crippen LogP contribution >= 0.6 is 0 Å². The van der Waals surface area contributed by atoms with Crippen molar-refractivity contribution in [1.82, 2.24) is 10.3 Å². The Kier molecular flexibility index (Phi) is 3.51. The minimum Gasteiger partial charge on any atom is -0.310 e. The van der Waals surface area contributed by atoms with E-state index in [1.807, 2.05) is 19.1 Å². The van der Waals surface area contributed by atoms with E-state index in [1.54, 1.807) is 6.20 Å². The number of carbonyl (C=O) groups is 1. The molecule has 1 fully saturated rings. The molecule has 0 bridgehead atoms. The summed E-state index contributed by atoms with van der Waals surface area (Å²) in [5.41, 5.74) is 1.09. The van der Waals surface area contributed by atoms with Gasteiger partial charge in [0.2, 0.25) is 5.91 Å². The maximum absolute atomic E-state index is 11.5. The summed E-state index contributed by atoms with van der Waals surface area (Å²) in [7, 11) is 0. The Morgan fingerprint density at radius 3 is 3.06 bits per heavy atom. The Morgan fingerprint density at radius 2 is 2.38 bits per heavy atom. The van der Waals surface area contributed by atoms with Gasteiger partial charge in [-0.1, -0.05) is 0 Å². The van der Waals surface area contributed by atoms with Crippen molar-refractivity contribution in [3.8, 4) is 0 Å². The molecule has 16 heavy (non-hydrogen) atoms. The second-order valence-electron chi connectivity index (χ2n) is 4.34. The van der Waals surface area contributed by atoms with Crippen molar-refractivity contribution in [2.24, 2.45) is 5.92 Å². The molecular formula is C12H17N3O. The Hall–Kier alpha value is -1.42.